The number of rotatable bonds is 0. The van der Waals surface area contributed by atoms with Gasteiger partial charge in [-0.2, -0.15) is 116 Å². The summed E-state index contributed by atoms with van der Waals surface area (Å²) in [6.07, 6.45) is 0. The van der Waals surface area contributed by atoms with Crippen molar-refractivity contribution < 1.29 is 77.7 Å². The summed E-state index contributed by atoms with van der Waals surface area (Å²) in [5, 5.41) is 0. The smallest absolute Gasteiger partial charge is 0.822 e. The molecule has 3 aromatic rings. The largest absolute Gasteiger partial charge is 2.00 e. The molecule has 0 radical (unpaired) electrons. The van der Waals surface area contributed by atoms with Crippen molar-refractivity contribution >= 4 is 7.82 Å². The first kappa shape index (κ1) is 44.7. The van der Waals surface area contributed by atoms with Gasteiger partial charge in [-0.05, 0) is 16.2 Å². The number of hydrogen-bond acceptors (Lipinski definition) is 4. The Balaban J connectivity index is -0.000000203. The van der Waals surface area contributed by atoms with Crippen LogP contribution >= 0.6 is 7.82 Å². The standard InChI is InChI=1S/3C10H13.H3O4P.3Zn/c3*1-10(2,3)9-7-5-4-6-8-9;1-5(2,3)4;;;/h3*5-8H,1-3H3;(H3,1,2,3,4);;;/q3*-1;;3*+2/p-3. The number of benzene rings is 3. The van der Waals surface area contributed by atoms with E-state index in [1.54, 1.807) is 0 Å². The van der Waals surface area contributed by atoms with E-state index >= 15 is 0 Å². The van der Waals surface area contributed by atoms with E-state index in [1.165, 1.54) is 16.7 Å². The van der Waals surface area contributed by atoms with E-state index < -0.39 is 7.82 Å². The molecule has 8 heteroatoms. The van der Waals surface area contributed by atoms with Crippen LogP contribution in [-0.2, 0) is 79.2 Å². The SMILES string of the molecule is CC(C)(C)c1cc[c-]cc1.CC(C)(C)c1cc[c-]cc1.CC(C)(C)c1cc[c-]cc1.O=P([O-])([O-])[O-].[Zn+2].[Zn+2].[Zn+2]. The summed E-state index contributed by atoms with van der Waals surface area (Å²) < 4.78 is 8.55. The summed E-state index contributed by atoms with van der Waals surface area (Å²) >= 11 is 0. The van der Waals surface area contributed by atoms with Crippen LogP contribution in [-0.4, -0.2) is 0 Å². The van der Waals surface area contributed by atoms with Gasteiger partial charge in [0.15, 0.2) is 0 Å². The van der Waals surface area contributed by atoms with Gasteiger partial charge < -0.3 is 19.2 Å². The average Bonchev–Trinajstić information content (AvgIpc) is 2.74. The van der Waals surface area contributed by atoms with E-state index in [-0.39, 0.29) is 74.7 Å². The first-order valence-electron chi connectivity index (χ1n) is 11.4. The molecule has 0 bridgehead atoms. The molecule has 0 aromatic heterocycles. The molecular weight excluding hydrogens is 651 g/mol. The van der Waals surface area contributed by atoms with Crippen LogP contribution in [0.15, 0.2) is 72.8 Å². The molecule has 0 saturated heterocycles. The van der Waals surface area contributed by atoms with Gasteiger partial charge in [0, 0.05) is 0 Å². The van der Waals surface area contributed by atoms with E-state index in [0.29, 0.717) is 0 Å². The van der Waals surface area contributed by atoms with Crippen LogP contribution in [0.2, 0.25) is 0 Å². The van der Waals surface area contributed by atoms with Crippen LogP contribution in [0.5, 0.6) is 0 Å². The minimum atomic E-state index is -5.39. The van der Waals surface area contributed by atoms with Gasteiger partial charge in [0.2, 0.25) is 0 Å². The predicted octanol–water partition coefficient (Wildman–Crippen LogP) is 5.52. The van der Waals surface area contributed by atoms with Gasteiger partial charge in [-0.1, -0.05) is 62.3 Å². The Morgan fingerprint density at radius 3 is 0.684 bits per heavy atom. The molecule has 0 spiro atoms. The van der Waals surface area contributed by atoms with Gasteiger partial charge in [0.05, 0.1) is 0 Å². The van der Waals surface area contributed by atoms with Gasteiger partial charge in [0.25, 0.3) is 0 Å². The fraction of sp³-hybridized carbons (Fsp3) is 0.400. The number of phosphoric acid groups is 1. The maximum atomic E-state index is 8.55. The molecule has 0 heterocycles. The van der Waals surface area contributed by atoms with Crippen LogP contribution < -0.4 is 14.7 Å². The Hall–Kier alpha value is -0.360. The molecule has 0 N–H and O–H groups in total. The summed E-state index contributed by atoms with van der Waals surface area (Å²) in [7, 11) is -5.39. The van der Waals surface area contributed by atoms with E-state index in [2.05, 4.69) is 117 Å². The molecule has 0 atom stereocenters. The van der Waals surface area contributed by atoms with Gasteiger partial charge in [-0.3, -0.25) is 0 Å². The minimum Gasteiger partial charge on any atom is -0.822 e. The Kier molecular flexibility index (Phi) is 24.1. The first-order valence-corrected chi connectivity index (χ1v) is 12.9. The molecule has 0 fully saturated rings. The molecule has 3 rings (SSSR count). The average molecular weight is 691 g/mol. The van der Waals surface area contributed by atoms with E-state index in [4.69, 9.17) is 19.2 Å². The summed E-state index contributed by atoms with van der Waals surface area (Å²) in [6, 6.07) is 33.4. The van der Waals surface area contributed by atoms with E-state index in [1.807, 2.05) is 36.4 Å². The van der Waals surface area contributed by atoms with E-state index in [9.17, 15) is 0 Å². The van der Waals surface area contributed by atoms with Crippen LogP contribution in [0, 0.1) is 18.2 Å². The second-order valence-electron chi connectivity index (χ2n) is 11.1. The molecule has 0 unspecified atom stereocenters. The Labute approximate surface area is 270 Å². The Morgan fingerprint density at radius 1 is 0.474 bits per heavy atom. The van der Waals surface area contributed by atoms with Gasteiger partial charge in [-0.25, -0.2) is 0 Å². The molecule has 194 valence electrons. The molecule has 0 aliphatic heterocycles. The third kappa shape index (κ3) is 24.7. The van der Waals surface area contributed by atoms with Crippen molar-refractivity contribution in [2.45, 2.75) is 78.6 Å². The molecule has 0 aliphatic carbocycles. The summed E-state index contributed by atoms with van der Waals surface area (Å²) in [4.78, 5) is 25.6. The molecule has 0 aliphatic rings. The van der Waals surface area contributed by atoms with Crippen LogP contribution in [0.1, 0.15) is 79.0 Å². The molecule has 4 nitrogen and oxygen atoms in total. The third-order valence-electron chi connectivity index (χ3n) is 4.75. The van der Waals surface area contributed by atoms with Crippen molar-refractivity contribution in [3.05, 3.63) is 108 Å². The fourth-order valence-corrected chi connectivity index (χ4v) is 2.66. The second kappa shape index (κ2) is 20.5. The van der Waals surface area contributed by atoms with Crippen molar-refractivity contribution in [2.75, 3.05) is 0 Å². The molecule has 0 saturated carbocycles. The van der Waals surface area contributed by atoms with E-state index in [0.717, 1.165) is 0 Å². The van der Waals surface area contributed by atoms with Crippen LogP contribution in [0.25, 0.3) is 0 Å². The zero-order valence-corrected chi connectivity index (χ0v) is 34.4. The van der Waals surface area contributed by atoms with Gasteiger partial charge in [-0.15, -0.1) is 0 Å². The van der Waals surface area contributed by atoms with Crippen LogP contribution in [0.4, 0.5) is 0 Å². The third-order valence-corrected chi connectivity index (χ3v) is 4.75. The summed E-state index contributed by atoms with van der Waals surface area (Å²) in [5.74, 6) is 0. The Bertz CT molecular complexity index is 865. The monoisotopic (exact) mass is 686 g/mol. The summed E-state index contributed by atoms with van der Waals surface area (Å²) in [6.45, 7) is 19.9. The van der Waals surface area contributed by atoms with Gasteiger partial charge in [0.1, 0.15) is 0 Å². The fourth-order valence-electron chi connectivity index (χ4n) is 2.66. The van der Waals surface area contributed by atoms with Crippen molar-refractivity contribution in [3.63, 3.8) is 0 Å². The molecule has 38 heavy (non-hydrogen) atoms. The maximum Gasteiger partial charge on any atom is 2.00 e. The maximum absolute atomic E-state index is 8.55. The molecular formula is C30H39O4PZn3. The van der Waals surface area contributed by atoms with Crippen molar-refractivity contribution in [1.82, 2.24) is 0 Å². The van der Waals surface area contributed by atoms with Crippen LogP contribution in [0.3, 0.4) is 0 Å². The first-order chi connectivity index (χ1) is 15.8. The second-order valence-corrected chi connectivity index (χ2v) is 12.0. The van der Waals surface area contributed by atoms with Crippen molar-refractivity contribution in [3.8, 4) is 0 Å². The normalized spacial score (nSPS) is 10.6. The van der Waals surface area contributed by atoms with Crippen molar-refractivity contribution in [2.24, 2.45) is 0 Å². The number of hydrogen-bond donors (Lipinski definition) is 0. The molecule has 3 aromatic carbocycles. The molecule has 0 amide bonds. The topological polar surface area (TPSA) is 86.2 Å². The quantitative estimate of drug-likeness (QED) is 0.177. The van der Waals surface area contributed by atoms with Crippen molar-refractivity contribution in [1.29, 1.82) is 0 Å². The zero-order chi connectivity index (χ0) is 27.3. The van der Waals surface area contributed by atoms with Gasteiger partial charge >= 0.3 is 58.4 Å². The minimum absolute atomic E-state index is 0. The zero-order valence-electron chi connectivity index (χ0n) is 24.6. The predicted molar refractivity (Wildman–Crippen MR) is 140 cm³/mol. The Morgan fingerprint density at radius 2 is 0.605 bits per heavy atom. The summed E-state index contributed by atoms with van der Waals surface area (Å²) in [5.41, 5.74) is 4.92.